The highest BCUT2D eigenvalue weighted by Gasteiger charge is 2.33. The van der Waals surface area contributed by atoms with E-state index in [9.17, 15) is 9.90 Å². The third-order valence-corrected chi connectivity index (χ3v) is 5.11. The number of hydrogen-bond donors (Lipinski definition) is 1. The second kappa shape index (κ2) is 9.00. The number of nitrogens with zero attached hydrogens (tertiary/aromatic N) is 2. The van der Waals surface area contributed by atoms with E-state index in [4.69, 9.17) is 4.74 Å². The second-order valence-electron chi connectivity index (χ2n) is 7.43. The van der Waals surface area contributed by atoms with Gasteiger partial charge in [-0.15, -0.1) is 0 Å². The first-order valence-electron chi connectivity index (χ1n) is 9.28. The number of hydrogen-bond acceptors (Lipinski definition) is 4. The molecule has 5 nitrogen and oxygen atoms in total. The minimum atomic E-state index is -0.426. The fourth-order valence-corrected chi connectivity index (χ4v) is 3.73. The van der Waals surface area contributed by atoms with Crippen LogP contribution in [0.2, 0.25) is 0 Å². The average Bonchev–Trinajstić information content (AvgIpc) is 2.65. The molecule has 1 saturated carbocycles. The molecule has 1 aliphatic heterocycles. The van der Waals surface area contributed by atoms with Crippen LogP contribution in [0.5, 0.6) is 0 Å². The Bertz CT molecular complexity index is 371. The number of amides is 1. The van der Waals surface area contributed by atoms with Gasteiger partial charge in [-0.1, -0.05) is 0 Å². The molecule has 1 N–H and O–H groups in total. The summed E-state index contributed by atoms with van der Waals surface area (Å²) in [7, 11) is 0. The van der Waals surface area contributed by atoms with Crippen molar-refractivity contribution in [3.05, 3.63) is 0 Å². The van der Waals surface area contributed by atoms with E-state index in [0.717, 1.165) is 32.4 Å². The maximum atomic E-state index is 12.1. The van der Waals surface area contributed by atoms with Gasteiger partial charge in [-0.25, -0.2) is 0 Å². The van der Waals surface area contributed by atoms with Gasteiger partial charge in [0.25, 0.3) is 0 Å². The van der Waals surface area contributed by atoms with Crippen LogP contribution >= 0.6 is 0 Å². The minimum absolute atomic E-state index is 0.157. The van der Waals surface area contributed by atoms with Crippen LogP contribution in [0.1, 0.15) is 59.3 Å². The van der Waals surface area contributed by atoms with E-state index in [1.54, 1.807) is 6.92 Å². The Morgan fingerprint density at radius 3 is 2.39 bits per heavy atom. The summed E-state index contributed by atoms with van der Waals surface area (Å²) in [6.07, 6.45) is 6.54. The first kappa shape index (κ1) is 18.7. The predicted octanol–water partition coefficient (Wildman–Crippen LogP) is 2.03. The summed E-state index contributed by atoms with van der Waals surface area (Å²) in [5.41, 5.74) is 0. The zero-order valence-electron chi connectivity index (χ0n) is 15.0. The Labute approximate surface area is 141 Å². The summed E-state index contributed by atoms with van der Waals surface area (Å²) < 4.78 is 5.49. The van der Waals surface area contributed by atoms with Crippen molar-refractivity contribution in [2.24, 2.45) is 0 Å². The smallest absolute Gasteiger partial charge is 0.219 e. The molecule has 0 bridgehead atoms. The Hall–Kier alpha value is -0.650. The van der Waals surface area contributed by atoms with E-state index in [0.29, 0.717) is 25.2 Å². The number of likely N-dealkylation sites (tertiary alicyclic amines) is 1. The number of carbonyl (C=O) groups is 1. The van der Waals surface area contributed by atoms with Gasteiger partial charge >= 0.3 is 0 Å². The zero-order chi connectivity index (χ0) is 16.8. The van der Waals surface area contributed by atoms with Gasteiger partial charge in [0.1, 0.15) is 0 Å². The maximum Gasteiger partial charge on any atom is 0.219 e. The lowest BCUT2D eigenvalue weighted by molar-refractivity contribution is -0.136. The number of ether oxygens (including phenoxy) is 1. The Kier molecular flexibility index (Phi) is 7.31. The lowest BCUT2D eigenvalue weighted by Gasteiger charge is -2.42. The number of aliphatic hydroxyl groups is 1. The van der Waals surface area contributed by atoms with Crippen molar-refractivity contribution >= 4 is 5.91 Å². The molecular weight excluding hydrogens is 292 g/mol. The number of carbonyl (C=O) groups excluding carboxylic acids is 1. The molecule has 0 aromatic rings. The molecule has 2 fully saturated rings. The molecule has 2 atom stereocenters. The fraction of sp³-hybridized carbons (Fsp3) is 0.944. The second-order valence-corrected chi connectivity index (χ2v) is 7.43. The van der Waals surface area contributed by atoms with Crippen LogP contribution in [0.4, 0.5) is 0 Å². The van der Waals surface area contributed by atoms with Gasteiger partial charge in [0, 0.05) is 32.1 Å². The van der Waals surface area contributed by atoms with E-state index < -0.39 is 6.10 Å². The fourth-order valence-electron chi connectivity index (χ4n) is 3.73. The van der Waals surface area contributed by atoms with Gasteiger partial charge in [0.05, 0.1) is 18.8 Å². The lowest BCUT2D eigenvalue weighted by atomic mass is 9.89. The highest BCUT2D eigenvalue weighted by molar-refractivity contribution is 5.74. The topological polar surface area (TPSA) is 53.0 Å². The standard InChI is InChI=1S/C18H34N2O3/c1-14(2)23-13-18(22)12-19-10-5-8-17(9-11-19)20(15(3)21)16-6-4-7-16/h14,16-18,22H,4-13H2,1-3H3/t17-,18+/m0/s1. The molecule has 0 aromatic heterocycles. The molecule has 23 heavy (non-hydrogen) atoms. The molecule has 1 amide bonds. The number of rotatable bonds is 7. The van der Waals surface area contributed by atoms with Crippen molar-refractivity contribution in [1.29, 1.82) is 0 Å². The van der Waals surface area contributed by atoms with Crippen LogP contribution in [-0.2, 0) is 9.53 Å². The molecule has 0 radical (unpaired) electrons. The summed E-state index contributed by atoms with van der Waals surface area (Å²) in [6, 6.07) is 0.862. The lowest BCUT2D eigenvalue weighted by Crippen LogP contribution is -2.49. The Morgan fingerprint density at radius 1 is 1.17 bits per heavy atom. The molecule has 1 heterocycles. The zero-order valence-corrected chi connectivity index (χ0v) is 15.0. The van der Waals surface area contributed by atoms with Crippen LogP contribution in [0.25, 0.3) is 0 Å². The summed E-state index contributed by atoms with van der Waals surface area (Å²) in [5.74, 6) is 0.235. The van der Waals surface area contributed by atoms with Gasteiger partial charge in [-0.2, -0.15) is 0 Å². The SMILES string of the molecule is CC(=O)N(C1CCC1)[C@H]1CCCN(C[C@@H](O)COC(C)C)CC1. The van der Waals surface area contributed by atoms with E-state index in [1.807, 2.05) is 13.8 Å². The van der Waals surface area contributed by atoms with Gasteiger partial charge < -0.3 is 19.6 Å². The quantitative estimate of drug-likeness (QED) is 0.778. The Morgan fingerprint density at radius 2 is 1.83 bits per heavy atom. The molecule has 1 aliphatic carbocycles. The average molecular weight is 326 g/mol. The van der Waals surface area contributed by atoms with Crippen molar-refractivity contribution in [3.8, 4) is 0 Å². The third kappa shape index (κ3) is 5.73. The molecule has 1 saturated heterocycles. The summed E-state index contributed by atoms with van der Waals surface area (Å²) in [4.78, 5) is 16.5. The molecule has 0 spiro atoms. The monoisotopic (exact) mass is 326 g/mol. The first-order valence-corrected chi connectivity index (χ1v) is 9.28. The van der Waals surface area contributed by atoms with Crippen LogP contribution < -0.4 is 0 Å². The van der Waals surface area contributed by atoms with Crippen molar-refractivity contribution in [2.45, 2.75) is 83.6 Å². The molecule has 2 aliphatic rings. The Balaban J connectivity index is 1.80. The van der Waals surface area contributed by atoms with Gasteiger partial charge in [-0.05, 0) is 58.9 Å². The van der Waals surface area contributed by atoms with Crippen LogP contribution in [0.3, 0.4) is 0 Å². The summed E-state index contributed by atoms with van der Waals surface area (Å²) in [6.45, 7) is 8.72. The third-order valence-electron chi connectivity index (χ3n) is 5.11. The molecule has 134 valence electrons. The molecule has 2 rings (SSSR count). The van der Waals surface area contributed by atoms with E-state index in [-0.39, 0.29) is 12.0 Å². The van der Waals surface area contributed by atoms with Crippen LogP contribution in [0, 0.1) is 0 Å². The minimum Gasteiger partial charge on any atom is -0.389 e. The van der Waals surface area contributed by atoms with E-state index >= 15 is 0 Å². The summed E-state index contributed by atoms with van der Waals surface area (Å²) >= 11 is 0. The van der Waals surface area contributed by atoms with Crippen molar-refractivity contribution in [2.75, 3.05) is 26.2 Å². The maximum absolute atomic E-state index is 12.1. The molecular formula is C18H34N2O3. The highest BCUT2D eigenvalue weighted by Crippen LogP contribution is 2.30. The van der Waals surface area contributed by atoms with E-state index in [1.165, 1.54) is 19.3 Å². The molecule has 0 unspecified atom stereocenters. The van der Waals surface area contributed by atoms with Crippen molar-refractivity contribution in [3.63, 3.8) is 0 Å². The number of β-amino-alcohol motifs (C(OH)–C–C–N with tert-alkyl or cyclic N) is 1. The van der Waals surface area contributed by atoms with Gasteiger partial charge in [-0.3, -0.25) is 4.79 Å². The normalized spacial score (nSPS) is 25.0. The number of aliphatic hydroxyl groups excluding tert-OH is 1. The molecule has 0 aromatic carbocycles. The van der Waals surface area contributed by atoms with E-state index in [2.05, 4.69) is 9.80 Å². The van der Waals surface area contributed by atoms with Crippen LogP contribution in [0.15, 0.2) is 0 Å². The van der Waals surface area contributed by atoms with Crippen molar-refractivity contribution in [1.82, 2.24) is 9.80 Å². The van der Waals surface area contributed by atoms with Crippen LogP contribution in [-0.4, -0.2) is 71.3 Å². The first-order chi connectivity index (χ1) is 11.0. The van der Waals surface area contributed by atoms with Gasteiger partial charge in [0.2, 0.25) is 5.91 Å². The molecule has 5 heteroatoms. The largest absolute Gasteiger partial charge is 0.389 e. The van der Waals surface area contributed by atoms with Crippen molar-refractivity contribution < 1.29 is 14.6 Å². The summed E-state index contributed by atoms with van der Waals surface area (Å²) in [5, 5.41) is 10.1. The predicted molar refractivity (Wildman–Crippen MR) is 91.3 cm³/mol. The highest BCUT2D eigenvalue weighted by atomic mass is 16.5. The van der Waals surface area contributed by atoms with Gasteiger partial charge in [0.15, 0.2) is 0 Å².